The molecule has 25 heavy (non-hydrogen) atoms. The van der Waals surface area contributed by atoms with Crippen molar-refractivity contribution in [3.8, 4) is 11.5 Å². The van der Waals surface area contributed by atoms with Crippen LogP contribution in [0.5, 0.6) is 11.5 Å². The van der Waals surface area contributed by atoms with Gasteiger partial charge >= 0.3 is 0 Å². The van der Waals surface area contributed by atoms with Crippen molar-refractivity contribution >= 4 is 63.7 Å². The van der Waals surface area contributed by atoms with Crippen LogP contribution in [-0.4, -0.2) is 23.2 Å². The van der Waals surface area contributed by atoms with Gasteiger partial charge in [0, 0.05) is 52.0 Å². The number of rotatable bonds is 10. The molecule has 0 N–H and O–H groups in total. The minimum Gasteiger partial charge on any atom is -0.493 e. The van der Waals surface area contributed by atoms with Crippen molar-refractivity contribution in [3.63, 3.8) is 0 Å². The number of halogens is 4. The lowest BCUT2D eigenvalue weighted by Crippen LogP contribution is -2.06. The summed E-state index contributed by atoms with van der Waals surface area (Å²) < 4.78 is 11.7. The predicted octanol–water partition coefficient (Wildman–Crippen LogP) is 5.90. The van der Waals surface area contributed by atoms with E-state index in [4.69, 9.17) is 9.47 Å². The Morgan fingerprint density at radius 1 is 0.600 bits per heavy atom. The molecule has 0 aliphatic carbocycles. The second-order valence-electron chi connectivity index (χ2n) is 5.16. The fourth-order valence-corrected chi connectivity index (χ4v) is 3.27. The molecule has 2 heterocycles. The predicted molar refractivity (Wildman–Crippen MR) is 115 cm³/mol. The van der Waals surface area contributed by atoms with Crippen LogP contribution in [0.1, 0.15) is 29.2 Å². The maximum atomic E-state index is 5.83. The van der Waals surface area contributed by atoms with E-state index in [1.54, 1.807) is 0 Å². The number of pyridine rings is 2. The molecule has 0 unspecified atom stereocenters. The van der Waals surface area contributed by atoms with Gasteiger partial charge in [-0.2, -0.15) is 0 Å². The first-order valence-electron chi connectivity index (χ1n) is 7.67. The smallest absolute Gasteiger partial charge is 0.122 e. The van der Waals surface area contributed by atoms with Crippen molar-refractivity contribution in [3.05, 3.63) is 47.0 Å². The molecule has 0 spiro atoms. The van der Waals surface area contributed by atoms with E-state index in [2.05, 4.69) is 73.7 Å². The lowest BCUT2D eigenvalue weighted by molar-refractivity contribution is 0.247. The van der Waals surface area contributed by atoms with Crippen LogP contribution in [0.2, 0.25) is 0 Å². The highest BCUT2D eigenvalue weighted by Gasteiger charge is 2.04. The van der Waals surface area contributed by atoms with Crippen molar-refractivity contribution in [2.24, 2.45) is 0 Å². The molecule has 0 aliphatic heterocycles. The number of hydrogen-bond donors (Lipinski definition) is 0. The van der Waals surface area contributed by atoms with Crippen molar-refractivity contribution in [1.29, 1.82) is 0 Å². The molecule has 2 aromatic heterocycles. The monoisotopic (exact) mass is 598 g/mol. The van der Waals surface area contributed by atoms with Crippen LogP contribution >= 0.6 is 63.7 Å². The zero-order valence-electron chi connectivity index (χ0n) is 13.5. The third kappa shape index (κ3) is 7.15. The number of aromatic nitrogens is 2. The summed E-state index contributed by atoms with van der Waals surface area (Å²) >= 11 is 13.7. The fourth-order valence-electron chi connectivity index (χ4n) is 2.12. The lowest BCUT2D eigenvalue weighted by atomic mass is 10.3. The fraction of sp³-hybridized carbons (Fsp3) is 0.412. The average molecular weight is 602 g/mol. The Bertz CT molecular complexity index is 584. The Morgan fingerprint density at radius 3 is 1.20 bits per heavy atom. The Kier molecular flexibility index (Phi) is 9.73. The zero-order chi connectivity index (χ0) is 18.1. The van der Waals surface area contributed by atoms with Gasteiger partial charge in [0.15, 0.2) is 0 Å². The normalized spacial score (nSPS) is 10.7. The highest BCUT2D eigenvalue weighted by molar-refractivity contribution is 9.09. The lowest BCUT2D eigenvalue weighted by Gasteiger charge is -2.11. The first kappa shape index (κ1) is 21.1. The molecule has 0 saturated heterocycles. The van der Waals surface area contributed by atoms with E-state index in [0.29, 0.717) is 34.5 Å². The van der Waals surface area contributed by atoms with Gasteiger partial charge in [0.05, 0.1) is 36.0 Å². The summed E-state index contributed by atoms with van der Waals surface area (Å²) in [5.74, 6) is 1.68. The van der Waals surface area contributed by atoms with Gasteiger partial charge in [-0.25, -0.2) is 0 Å². The molecule has 0 aliphatic rings. The molecule has 0 atom stereocenters. The van der Waals surface area contributed by atoms with Crippen LogP contribution in [0.15, 0.2) is 24.3 Å². The Labute approximate surface area is 181 Å². The Balaban J connectivity index is 1.82. The third-order valence-electron chi connectivity index (χ3n) is 3.18. The van der Waals surface area contributed by atoms with Crippen molar-refractivity contribution in [1.82, 2.24) is 9.97 Å². The zero-order valence-corrected chi connectivity index (χ0v) is 19.8. The van der Waals surface area contributed by atoms with E-state index in [9.17, 15) is 0 Å². The molecule has 4 nitrogen and oxygen atoms in total. The summed E-state index contributed by atoms with van der Waals surface area (Å²) in [6.07, 6.45) is 0.797. The summed E-state index contributed by atoms with van der Waals surface area (Å²) in [4.78, 5) is 8.95. The van der Waals surface area contributed by atoms with Crippen LogP contribution in [-0.2, 0) is 21.3 Å². The van der Waals surface area contributed by atoms with Crippen molar-refractivity contribution in [2.45, 2.75) is 27.7 Å². The van der Waals surface area contributed by atoms with Gasteiger partial charge in [-0.15, -0.1) is 0 Å². The standard InChI is InChI=1S/C17H18Br4N2O2/c18-8-12-4-16(5-13(9-19)22-12)24-2-1-3-25-17-6-14(10-20)23-15(7-17)11-21/h4-7H,1-3,8-11H2. The molecule has 0 bridgehead atoms. The molecule has 0 amide bonds. The van der Waals surface area contributed by atoms with Crippen molar-refractivity contribution in [2.75, 3.05) is 13.2 Å². The van der Waals surface area contributed by atoms with E-state index >= 15 is 0 Å². The molecule has 0 radical (unpaired) electrons. The third-order valence-corrected chi connectivity index (χ3v) is 5.48. The van der Waals surface area contributed by atoms with E-state index in [0.717, 1.165) is 40.7 Å². The van der Waals surface area contributed by atoms with Gasteiger partial charge in [0.2, 0.25) is 0 Å². The number of alkyl halides is 4. The van der Waals surface area contributed by atoms with E-state index in [1.165, 1.54) is 0 Å². The maximum Gasteiger partial charge on any atom is 0.122 e. The second-order valence-corrected chi connectivity index (χ2v) is 7.40. The van der Waals surface area contributed by atoms with E-state index in [-0.39, 0.29) is 0 Å². The van der Waals surface area contributed by atoms with Crippen LogP contribution in [0, 0.1) is 0 Å². The van der Waals surface area contributed by atoms with Gasteiger partial charge in [-0.3, -0.25) is 9.97 Å². The highest BCUT2D eigenvalue weighted by atomic mass is 79.9. The largest absolute Gasteiger partial charge is 0.493 e. The van der Waals surface area contributed by atoms with Gasteiger partial charge in [0.25, 0.3) is 0 Å². The maximum absolute atomic E-state index is 5.83. The molecule has 136 valence electrons. The minimum absolute atomic E-state index is 0.592. The molecule has 2 rings (SSSR count). The average Bonchev–Trinajstić information content (AvgIpc) is 2.66. The Hall–Kier alpha value is -0.180. The second kappa shape index (κ2) is 11.5. The first-order valence-corrected chi connectivity index (χ1v) is 12.2. The van der Waals surface area contributed by atoms with Crippen LogP contribution < -0.4 is 9.47 Å². The topological polar surface area (TPSA) is 44.2 Å². The minimum atomic E-state index is 0.592. The SMILES string of the molecule is BrCc1cc(OCCCOc2cc(CBr)nc(CBr)c2)cc(CBr)n1. The Morgan fingerprint density at radius 2 is 0.920 bits per heavy atom. The summed E-state index contributed by atoms with van der Waals surface area (Å²) in [5, 5.41) is 2.84. The summed E-state index contributed by atoms with van der Waals surface area (Å²) in [6, 6.07) is 7.81. The molecule has 0 fully saturated rings. The van der Waals surface area contributed by atoms with E-state index in [1.807, 2.05) is 24.3 Å². The number of hydrogen-bond acceptors (Lipinski definition) is 4. The van der Waals surface area contributed by atoms with E-state index < -0.39 is 0 Å². The molecule has 0 aromatic carbocycles. The molecule has 8 heteroatoms. The van der Waals surface area contributed by atoms with Gasteiger partial charge in [0.1, 0.15) is 11.5 Å². The van der Waals surface area contributed by atoms with Crippen LogP contribution in [0.3, 0.4) is 0 Å². The quantitative estimate of drug-likeness (QED) is 0.251. The summed E-state index contributed by atoms with van der Waals surface area (Å²) in [6.45, 7) is 1.18. The summed E-state index contributed by atoms with van der Waals surface area (Å²) in [5.41, 5.74) is 3.85. The van der Waals surface area contributed by atoms with Gasteiger partial charge < -0.3 is 9.47 Å². The van der Waals surface area contributed by atoms with Crippen LogP contribution in [0.25, 0.3) is 0 Å². The van der Waals surface area contributed by atoms with Crippen LogP contribution in [0.4, 0.5) is 0 Å². The van der Waals surface area contributed by atoms with Gasteiger partial charge in [-0.1, -0.05) is 63.7 Å². The van der Waals surface area contributed by atoms with Gasteiger partial charge in [-0.05, 0) is 0 Å². The highest BCUT2D eigenvalue weighted by Crippen LogP contribution is 2.19. The molecule has 2 aromatic rings. The molecular weight excluding hydrogens is 584 g/mol. The summed E-state index contributed by atoms with van der Waals surface area (Å²) in [7, 11) is 0. The van der Waals surface area contributed by atoms with Crippen molar-refractivity contribution < 1.29 is 9.47 Å². The number of ether oxygens (including phenoxy) is 2. The molecule has 0 saturated carbocycles. The molecular formula is C17H18Br4N2O2. The first-order chi connectivity index (χ1) is 12.2. The number of nitrogens with zero attached hydrogens (tertiary/aromatic N) is 2.